The van der Waals surface area contributed by atoms with Crippen LogP contribution in [0.15, 0.2) is 41.1 Å². The SMILES string of the molecule is Cc1onc(-c2ccccc2F)c1C(=O)c1c[nH]c(C(=O)NC2CCOCC2)c1. The summed E-state index contributed by atoms with van der Waals surface area (Å²) in [7, 11) is 0. The molecule has 1 aliphatic rings. The Morgan fingerprint density at radius 2 is 2.00 bits per heavy atom. The van der Waals surface area contributed by atoms with E-state index in [4.69, 9.17) is 9.26 Å². The maximum absolute atomic E-state index is 14.2. The third kappa shape index (κ3) is 3.84. The fourth-order valence-electron chi connectivity index (χ4n) is 3.38. The van der Waals surface area contributed by atoms with E-state index < -0.39 is 11.6 Å². The van der Waals surface area contributed by atoms with Gasteiger partial charge in [0, 0.05) is 36.6 Å². The molecule has 29 heavy (non-hydrogen) atoms. The number of aryl methyl sites for hydroxylation is 1. The van der Waals surface area contributed by atoms with Crippen molar-refractivity contribution < 1.29 is 23.2 Å². The highest BCUT2D eigenvalue weighted by Gasteiger charge is 2.26. The standard InChI is InChI=1S/C21H20FN3O4/c1-12-18(19(25-29-12)15-4-2-3-5-16(15)22)20(26)13-10-17(23-11-13)21(27)24-14-6-8-28-9-7-14/h2-5,10-11,14,23H,6-9H2,1H3,(H,24,27). The number of H-pyrrole nitrogens is 1. The van der Waals surface area contributed by atoms with Crippen LogP contribution in [0.1, 0.15) is 45.0 Å². The zero-order chi connectivity index (χ0) is 20.4. The van der Waals surface area contributed by atoms with Crippen molar-refractivity contribution >= 4 is 11.7 Å². The van der Waals surface area contributed by atoms with E-state index in [1.165, 1.54) is 24.4 Å². The highest BCUT2D eigenvalue weighted by atomic mass is 19.1. The van der Waals surface area contributed by atoms with Crippen molar-refractivity contribution in [2.45, 2.75) is 25.8 Å². The molecule has 8 heteroatoms. The first-order chi connectivity index (χ1) is 14.0. The summed E-state index contributed by atoms with van der Waals surface area (Å²) in [4.78, 5) is 28.4. The van der Waals surface area contributed by atoms with Crippen LogP contribution in [0.2, 0.25) is 0 Å². The Kier molecular flexibility index (Phi) is 5.26. The highest BCUT2D eigenvalue weighted by Crippen LogP contribution is 2.29. The molecule has 0 saturated carbocycles. The fraction of sp³-hybridized carbons (Fsp3) is 0.286. The van der Waals surface area contributed by atoms with Crippen LogP contribution in [0.5, 0.6) is 0 Å². The van der Waals surface area contributed by atoms with Gasteiger partial charge >= 0.3 is 0 Å². The molecule has 1 fully saturated rings. The van der Waals surface area contributed by atoms with Gasteiger partial charge in [0.2, 0.25) is 0 Å². The van der Waals surface area contributed by atoms with Gasteiger partial charge in [-0.3, -0.25) is 9.59 Å². The number of ether oxygens (including phenoxy) is 1. The minimum atomic E-state index is -0.500. The van der Waals surface area contributed by atoms with E-state index in [0.29, 0.717) is 13.2 Å². The number of ketones is 1. The Labute approximate surface area is 166 Å². The summed E-state index contributed by atoms with van der Waals surface area (Å²) < 4.78 is 24.7. The summed E-state index contributed by atoms with van der Waals surface area (Å²) in [5, 5.41) is 6.81. The summed E-state index contributed by atoms with van der Waals surface area (Å²) in [6.07, 6.45) is 2.97. The average Bonchev–Trinajstić information content (AvgIpc) is 3.36. The Bertz CT molecular complexity index is 1050. The quantitative estimate of drug-likeness (QED) is 0.644. The first-order valence-electron chi connectivity index (χ1n) is 9.37. The second-order valence-electron chi connectivity index (χ2n) is 6.93. The predicted molar refractivity (Wildman–Crippen MR) is 102 cm³/mol. The van der Waals surface area contributed by atoms with E-state index in [1.54, 1.807) is 19.1 Å². The van der Waals surface area contributed by atoms with Crippen molar-refractivity contribution in [1.29, 1.82) is 0 Å². The Balaban J connectivity index is 1.58. The third-order valence-electron chi connectivity index (χ3n) is 4.97. The zero-order valence-corrected chi connectivity index (χ0v) is 15.8. The molecule has 0 unspecified atom stereocenters. The Morgan fingerprint density at radius 3 is 2.76 bits per heavy atom. The molecule has 1 aliphatic heterocycles. The number of hydrogen-bond donors (Lipinski definition) is 2. The third-order valence-corrected chi connectivity index (χ3v) is 4.97. The number of benzene rings is 1. The van der Waals surface area contributed by atoms with Crippen LogP contribution in [0, 0.1) is 12.7 Å². The molecule has 0 radical (unpaired) electrons. The average molecular weight is 397 g/mol. The molecule has 0 bridgehead atoms. The molecule has 7 nitrogen and oxygen atoms in total. The van der Waals surface area contributed by atoms with E-state index in [0.717, 1.165) is 12.8 Å². The number of amides is 1. The van der Waals surface area contributed by atoms with Crippen LogP contribution in [-0.2, 0) is 4.74 Å². The van der Waals surface area contributed by atoms with Crippen molar-refractivity contribution in [3.8, 4) is 11.3 Å². The van der Waals surface area contributed by atoms with Gasteiger partial charge in [0.1, 0.15) is 23.0 Å². The molecule has 2 N–H and O–H groups in total. The van der Waals surface area contributed by atoms with Gasteiger partial charge in [-0.25, -0.2) is 4.39 Å². The van der Waals surface area contributed by atoms with Crippen molar-refractivity contribution in [3.05, 3.63) is 64.9 Å². The predicted octanol–water partition coefficient (Wildman–Crippen LogP) is 3.26. The number of rotatable bonds is 5. The monoisotopic (exact) mass is 397 g/mol. The van der Waals surface area contributed by atoms with E-state index in [2.05, 4.69) is 15.5 Å². The molecule has 3 aromatic rings. The Hall–Kier alpha value is -3.26. The first-order valence-corrected chi connectivity index (χ1v) is 9.37. The number of carbonyl (C=O) groups is 2. The van der Waals surface area contributed by atoms with Gasteiger partial charge < -0.3 is 19.6 Å². The minimum absolute atomic E-state index is 0.0479. The number of hydrogen-bond acceptors (Lipinski definition) is 5. The molecule has 1 saturated heterocycles. The van der Waals surface area contributed by atoms with Gasteiger partial charge in [-0.2, -0.15) is 0 Å². The summed E-state index contributed by atoms with van der Waals surface area (Å²) in [5.41, 5.74) is 1.04. The van der Waals surface area contributed by atoms with Gasteiger partial charge in [0.15, 0.2) is 5.78 Å². The lowest BCUT2D eigenvalue weighted by molar-refractivity contribution is 0.0694. The lowest BCUT2D eigenvalue weighted by Crippen LogP contribution is -2.39. The van der Waals surface area contributed by atoms with Gasteiger partial charge in [0.05, 0.1) is 5.56 Å². The van der Waals surface area contributed by atoms with Gasteiger partial charge in [-0.15, -0.1) is 0 Å². The number of nitrogens with one attached hydrogen (secondary N) is 2. The second-order valence-corrected chi connectivity index (χ2v) is 6.93. The normalized spacial score (nSPS) is 14.7. The van der Waals surface area contributed by atoms with E-state index >= 15 is 0 Å². The van der Waals surface area contributed by atoms with E-state index in [-0.39, 0.29) is 45.8 Å². The largest absolute Gasteiger partial charge is 0.381 e. The van der Waals surface area contributed by atoms with Gasteiger partial charge in [-0.05, 0) is 38.0 Å². The van der Waals surface area contributed by atoms with E-state index in [1.807, 2.05) is 0 Å². The molecule has 0 spiro atoms. The lowest BCUT2D eigenvalue weighted by atomic mass is 9.99. The van der Waals surface area contributed by atoms with Crippen LogP contribution >= 0.6 is 0 Å². The van der Waals surface area contributed by atoms with Crippen molar-refractivity contribution in [1.82, 2.24) is 15.5 Å². The topological polar surface area (TPSA) is 97.2 Å². The molecular formula is C21H20FN3O4. The smallest absolute Gasteiger partial charge is 0.267 e. The number of aromatic nitrogens is 2. The number of halogens is 1. The molecule has 0 atom stereocenters. The molecule has 3 heterocycles. The first kappa shape index (κ1) is 19.1. The van der Waals surface area contributed by atoms with Crippen LogP contribution in [0.25, 0.3) is 11.3 Å². The van der Waals surface area contributed by atoms with Gasteiger partial charge in [0.25, 0.3) is 5.91 Å². The highest BCUT2D eigenvalue weighted by molar-refractivity contribution is 6.13. The molecule has 150 valence electrons. The maximum Gasteiger partial charge on any atom is 0.267 e. The lowest BCUT2D eigenvalue weighted by Gasteiger charge is -2.22. The number of aromatic amines is 1. The second kappa shape index (κ2) is 8.00. The fourth-order valence-corrected chi connectivity index (χ4v) is 3.38. The van der Waals surface area contributed by atoms with Crippen molar-refractivity contribution in [2.24, 2.45) is 0 Å². The molecule has 4 rings (SSSR count). The minimum Gasteiger partial charge on any atom is -0.381 e. The molecule has 1 aromatic carbocycles. The van der Waals surface area contributed by atoms with Crippen LogP contribution in [0.3, 0.4) is 0 Å². The maximum atomic E-state index is 14.2. The van der Waals surface area contributed by atoms with Crippen molar-refractivity contribution in [2.75, 3.05) is 13.2 Å². The van der Waals surface area contributed by atoms with Crippen LogP contribution in [0.4, 0.5) is 4.39 Å². The van der Waals surface area contributed by atoms with Gasteiger partial charge in [-0.1, -0.05) is 17.3 Å². The van der Waals surface area contributed by atoms with E-state index in [9.17, 15) is 14.0 Å². The van der Waals surface area contributed by atoms with Crippen LogP contribution < -0.4 is 5.32 Å². The molecule has 2 aromatic heterocycles. The van der Waals surface area contributed by atoms with Crippen LogP contribution in [-0.4, -0.2) is 41.1 Å². The summed E-state index contributed by atoms with van der Waals surface area (Å²) in [6.45, 7) is 2.83. The van der Waals surface area contributed by atoms with Crippen molar-refractivity contribution in [3.63, 3.8) is 0 Å². The number of nitrogens with zero attached hydrogens (tertiary/aromatic N) is 1. The number of carbonyl (C=O) groups excluding carboxylic acids is 2. The Morgan fingerprint density at radius 1 is 1.24 bits per heavy atom. The summed E-state index contributed by atoms with van der Waals surface area (Å²) in [6, 6.07) is 7.57. The molecule has 1 amide bonds. The molecular weight excluding hydrogens is 377 g/mol. The zero-order valence-electron chi connectivity index (χ0n) is 15.8. The summed E-state index contributed by atoms with van der Waals surface area (Å²) in [5.74, 6) is -0.904. The molecule has 0 aliphatic carbocycles. The summed E-state index contributed by atoms with van der Waals surface area (Å²) >= 11 is 0.